The number of aryl methyl sites for hydroxylation is 1. The number of amides is 1. The predicted octanol–water partition coefficient (Wildman–Crippen LogP) is 5.96. The van der Waals surface area contributed by atoms with Crippen molar-refractivity contribution in [3.05, 3.63) is 69.7 Å². The van der Waals surface area contributed by atoms with Crippen molar-refractivity contribution in [3.63, 3.8) is 0 Å². The molecule has 0 saturated carbocycles. The largest absolute Gasteiger partial charge is 0.319 e. The number of nitrogens with zero attached hydrogens (tertiary/aromatic N) is 3. The van der Waals surface area contributed by atoms with Gasteiger partial charge in [-0.1, -0.05) is 70.1 Å². The molecule has 1 aromatic heterocycles. The molecular weight excluding hydrogens is 453 g/mol. The maximum atomic E-state index is 12.5. The van der Waals surface area contributed by atoms with Gasteiger partial charge in [-0.15, -0.1) is 5.10 Å². The SMILES string of the molecule is Cc1cccc(NC(=O)c2nc(C(Cl)(Cl)Cl)n(-c3ccc(Cl)c(Cl)c3)n2)c1. The van der Waals surface area contributed by atoms with Crippen LogP contribution in [0.15, 0.2) is 42.5 Å². The Labute approximate surface area is 180 Å². The molecule has 0 radical (unpaired) electrons. The van der Waals surface area contributed by atoms with Gasteiger partial charge in [-0.25, -0.2) is 9.67 Å². The summed E-state index contributed by atoms with van der Waals surface area (Å²) in [5, 5.41) is 7.52. The summed E-state index contributed by atoms with van der Waals surface area (Å²) in [6.07, 6.45) is 0. The molecular formula is C17H11Cl5N4O. The number of alkyl halides is 3. The molecule has 0 aliphatic carbocycles. The van der Waals surface area contributed by atoms with E-state index in [1.807, 2.05) is 25.1 Å². The lowest BCUT2D eigenvalue weighted by atomic mass is 10.2. The van der Waals surface area contributed by atoms with E-state index in [-0.39, 0.29) is 16.7 Å². The number of aromatic nitrogens is 3. The molecule has 3 aromatic rings. The van der Waals surface area contributed by atoms with Crippen molar-refractivity contribution in [2.45, 2.75) is 10.7 Å². The molecule has 140 valence electrons. The van der Waals surface area contributed by atoms with Crippen LogP contribution in [-0.2, 0) is 3.79 Å². The summed E-state index contributed by atoms with van der Waals surface area (Å²) in [6, 6.07) is 12.0. The van der Waals surface area contributed by atoms with Gasteiger partial charge in [0.05, 0.1) is 15.7 Å². The minimum absolute atomic E-state index is 0.0553. The topological polar surface area (TPSA) is 59.8 Å². The molecule has 0 unspecified atom stereocenters. The highest BCUT2D eigenvalue weighted by Gasteiger charge is 2.33. The third kappa shape index (κ3) is 4.68. The number of hydrogen-bond acceptors (Lipinski definition) is 3. The second-order valence-corrected chi connectivity index (χ2v) is 8.69. The van der Waals surface area contributed by atoms with Gasteiger partial charge in [-0.2, -0.15) is 0 Å². The van der Waals surface area contributed by atoms with E-state index in [9.17, 15) is 4.79 Å². The number of hydrogen-bond donors (Lipinski definition) is 1. The van der Waals surface area contributed by atoms with Crippen LogP contribution in [0.1, 0.15) is 22.0 Å². The first-order valence-corrected chi connectivity index (χ1v) is 9.42. The van der Waals surface area contributed by atoms with Gasteiger partial charge in [0, 0.05) is 5.69 Å². The normalized spacial score (nSPS) is 11.5. The molecule has 0 saturated heterocycles. The van der Waals surface area contributed by atoms with Crippen LogP contribution in [-0.4, -0.2) is 20.7 Å². The van der Waals surface area contributed by atoms with Crippen LogP contribution < -0.4 is 5.32 Å². The Bertz CT molecular complexity index is 1010. The molecule has 1 heterocycles. The molecule has 0 bridgehead atoms. The first-order valence-electron chi connectivity index (χ1n) is 7.53. The van der Waals surface area contributed by atoms with Gasteiger partial charge in [-0.05, 0) is 42.8 Å². The molecule has 27 heavy (non-hydrogen) atoms. The number of carbonyl (C=O) groups is 1. The number of rotatable bonds is 3. The minimum atomic E-state index is -1.92. The molecule has 2 aromatic carbocycles. The second-order valence-electron chi connectivity index (χ2n) is 5.59. The van der Waals surface area contributed by atoms with Crippen LogP contribution in [0, 0.1) is 6.92 Å². The van der Waals surface area contributed by atoms with Gasteiger partial charge < -0.3 is 5.32 Å². The molecule has 0 fully saturated rings. The fourth-order valence-electron chi connectivity index (χ4n) is 2.30. The standard InChI is InChI=1S/C17H11Cl5N4O/c1-9-3-2-4-10(7-9)23-15(27)14-24-16(17(20,21)22)26(25-14)11-5-6-12(18)13(19)8-11/h2-8H,1H3,(H,23,27). The first kappa shape index (κ1) is 20.2. The van der Waals surface area contributed by atoms with Crippen LogP contribution in [0.5, 0.6) is 0 Å². The molecule has 0 aliphatic rings. The van der Waals surface area contributed by atoms with E-state index in [4.69, 9.17) is 58.0 Å². The molecule has 5 nitrogen and oxygen atoms in total. The van der Waals surface area contributed by atoms with Gasteiger partial charge in [0.25, 0.3) is 5.91 Å². The van der Waals surface area contributed by atoms with Crippen molar-refractivity contribution in [3.8, 4) is 5.69 Å². The Hall–Kier alpha value is -1.50. The Morgan fingerprint density at radius 1 is 1.07 bits per heavy atom. The van der Waals surface area contributed by atoms with Crippen LogP contribution in [0.2, 0.25) is 10.0 Å². The highest BCUT2D eigenvalue weighted by molar-refractivity contribution is 6.66. The van der Waals surface area contributed by atoms with E-state index >= 15 is 0 Å². The number of anilines is 1. The fourth-order valence-corrected chi connectivity index (χ4v) is 2.96. The number of halogens is 5. The Kier molecular flexibility index (Phi) is 5.89. The zero-order valence-corrected chi connectivity index (χ0v) is 17.5. The highest BCUT2D eigenvalue weighted by atomic mass is 35.6. The van der Waals surface area contributed by atoms with Gasteiger partial charge in [0.2, 0.25) is 9.62 Å². The van der Waals surface area contributed by atoms with E-state index in [2.05, 4.69) is 15.4 Å². The monoisotopic (exact) mass is 462 g/mol. The molecule has 0 spiro atoms. The lowest BCUT2D eigenvalue weighted by molar-refractivity contribution is 0.101. The molecule has 10 heteroatoms. The van der Waals surface area contributed by atoms with Crippen LogP contribution >= 0.6 is 58.0 Å². The predicted molar refractivity (Wildman–Crippen MR) is 110 cm³/mol. The smallest absolute Gasteiger partial charge is 0.295 e. The zero-order valence-electron chi connectivity index (χ0n) is 13.7. The van der Waals surface area contributed by atoms with Gasteiger partial charge in [-0.3, -0.25) is 4.79 Å². The summed E-state index contributed by atoms with van der Waals surface area (Å²) in [7, 11) is 0. The van der Waals surface area contributed by atoms with Crippen molar-refractivity contribution < 1.29 is 4.79 Å². The van der Waals surface area contributed by atoms with E-state index in [1.165, 1.54) is 10.7 Å². The van der Waals surface area contributed by atoms with E-state index in [0.29, 0.717) is 16.4 Å². The van der Waals surface area contributed by atoms with Crippen molar-refractivity contribution in [1.82, 2.24) is 14.8 Å². The molecule has 0 aliphatic heterocycles. The van der Waals surface area contributed by atoms with Gasteiger partial charge in [0.15, 0.2) is 5.82 Å². The number of nitrogens with one attached hydrogen (secondary N) is 1. The van der Waals surface area contributed by atoms with Crippen molar-refractivity contribution in [1.29, 1.82) is 0 Å². The van der Waals surface area contributed by atoms with Crippen molar-refractivity contribution in [2.24, 2.45) is 0 Å². The molecule has 1 N–H and O–H groups in total. The maximum Gasteiger partial charge on any atom is 0.295 e. The van der Waals surface area contributed by atoms with Crippen LogP contribution in [0.25, 0.3) is 5.69 Å². The van der Waals surface area contributed by atoms with E-state index in [0.717, 1.165) is 5.56 Å². The third-order valence-electron chi connectivity index (χ3n) is 3.49. The summed E-state index contributed by atoms with van der Waals surface area (Å²) in [5.41, 5.74) is 2.03. The summed E-state index contributed by atoms with van der Waals surface area (Å²) in [5.74, 6) is -0.765. The van der Waals surface area contributed by atoms with Crippen LogP contribution in [0.3, 0.4) is 0 Å². The average molecular weight is 465 g/mol. The summed E-state index contributed by atoms with van der Waals surface area (Å²) >= 11 is 30.0. The quantitative estimate of drug-likeness (QED) is 0.487. The summed E-state index contributed by atoms with van der Waals surface area (Å²) in [6.45, 7) is 1.91. The second kappa shape index (κ2) is 7.86. The van der Waals surface area contributed by atoms with Crippen molar-refractivity contribution >= 4 is 69.6 Å². The Morgan fingerprint density at radius 2 is 1.81 bits per heavy atom. The summed E-state index contributed by atoms with van der Waals surface area (Å²) < 4.78 is -0.679. The summed E-state index contributed by atoms with van der Waals surface area (Å²) in [4.78, 5) is 16.6. The molecule has 3 rings (SSSR count). The first-order chi connectivity index (χ1) is 12.6. The lowest BCUT2D eigenvalue weighted by Gasteiger charge is -2.12. The number of carbonyl (C=O) groups excluding carboxylic acids is 1. The van der Waals surface area contributed by atoms with Crippen molar-refractivity contribution in [2.75, 3.05) is 5.32 Å². The Balaban J connectivity index is 2.01. The highest BCUT2D eigenvalue weighted by Crippen LogP contribution is 2.38. The van der Waals surface area contributed by atoms with E-state index in [1.54, 1.807) is 18.2 Å². The average Bonchev–Trinajstić information content (AvgIpc) is 3.03. The molecule has 0 atom stereocenters. The fraction of sp³-hybridized carbons (Fsp3) is 0.118. The maximum absolute atomic E-state index is 12.5. The van der Waals surface area contributed by atoms with Crippen LogP contribution in [0.4, 0.5) is 5.69 Å². The minimum Gasteiger partial charge on any atom is -0.319 e. The lowest BCUT2D eigenvalue weighted by Crippen LogP contribution is -2.14. The van der Waals surface area contributed by atoms with Gasteiger partial charge in [0.1, 0.15) is 0 Å². The van der Waals surface area contributed by atoms with Gasteiger partial charge >= 0.3 is 0 Å². The zero-order chi connectivity index (χ0) is 19.8. The number of benzene rings is 2. The third-order valence-corrected chi connectivity index (χ3v) is 4.73. The Morgan fingerprint density at radius 3 is 2.44 bits per heavy atom. The van der Waals surface area contributed by atoms with E-state index < -0.39 is 9.70 Å². The molecule has 1 amide bonds.